The fourth-order valence-corrected chi connectivity index (χ4v) is 2.66. The Morgan fingerprint density at radius 3 is 2.74 bits per heavy atom. The minimum Gasteiger partial charge on any atom is -0.492 e. The molecule has 0 bridgehead atoms. The maximum atomic E-state index is 5.80. The molecule has 1 aliphatic rings. The monoisotopic (exact) mass is 262 g/mol. The highest BCUT2D eigenvalue weighted by atomic mass is 16.5. The Morgan fingerprint density at radius 2 is 2.11 bits per heavy atom. The number of hydrogen-bond acceptors (Lipinski definition) is 3. The second-order valence-corrected chi connectivity index (χ2v) is 5.39. The number of rotatable bonds is 7. The lowest BCUT2D eigenvalue weighted by atomic mass is 10.1. The first-order chi connectivity index (χ1) is 9.31. The smallest absolute Gasteiger partial charge is 0.119 e. The first-order valence-electron chi connectivity index (χ1n) is 7.46. The molecule has 1 fully saturated rings. The van der Waals surface area contributed by atoms with E-state index in [1.807, 2.05) is 12.1 Å². The van der Waals surface area contributed by atoms with E-state index in [1.54, 1.807) is 0 Å². The van der Waals surface area contributed by atoms with Crippen molar-refractivity contribution in [1.29, 1.82) is 0 Å². The predicted molar refractivity (Wildman–Crippen MR) is 79.5 cm³/mol. The molecule has 0 amide bonds. The van der Waals surface area contributed by atoms with Crippen LogP contribution in [0, 0.1) is 5.92 Å². The number of benzene rings is 1. The molecule has 3 heteroatoms. The number of hydrogen-bond donors (Lipinski definition) is 1. The van der Waals surface area contributed by atoms with Gasteiger partial charge >= 0.3 is 0 Å². The topological polar surface area (TPSA) is 38.5 Å². The molecule has 2 rings (SSSR count). The Kier molecular flexibility index (Phi) is 5.67. The molecule has 19 heavy (non-hydrogen) atoms. The molecule has 2 N–H and O–H groups in total. The molecule has 1 saturated heterocycles. The number of likely N-dealkylation sites (tertiary alicyclic amines) is 1. The lowest BCUT2D eigenvalue weighted by Gasteiger charge is -2.16. The molecule has 0 aliphatic carbocycles. The van der Waals surface area contributed by atoms with Gasteiger partial charge in [-0.2, -0.15) is 0 Å². The van der Waals surface area contributed by atoms with Crippen molar-refractivity contribution in [3.8, 4) is 5.75 Å². The molecule has 1 aliphatic heterocycles. The zero-order valence-corrected chi connectivity index (χ0v) is 12.0. The van der Waals surface area contributed by atoms with E-state index >= 15 is 0 Å². The highest BCUT2D eigenvalue weighted by Crippen LogP contribution is 2.18. The first kappa shape index (κ1) is 14.4. The van der Waals surface area contributed by atoms with Crippen molar-refractivity contribution < 1.29 is 4.74 Å². The van der Waals surface area contributed by atoms with Gasteiger partial charge < -0.3 is 10.5 Å². The summed E-state index contributed by atoms with van der Waals surface area (Å²) in [5, 5.41) is 0. The molecule has 1 atom stereocenters. The van der Waals surface area contributed by atoms with Crippen LogP contribution in [0.3, 0.4) is 0 Å². The summed E-state index contributed by atoms with van der Waals surface area (Å²) in [5.41, 5.74) is 6.81. The van der Waals surface area contributed by atoms with Crippen LogP contribution in [0.5, 0.6) is 5.75 Å². The SMILES string of the molecule is CCC1CCN(CCOc2ccc(CCN)cc2)C1. The maximum absolute atomic E-state index is 5.80. The maximum Gasteiger partial charge on any atom is 0.119 e. The van der Waals surface area contributed by atoms with Crippen LogP contribution in [0.15, 0.2) is 24.3 Å². The van der Waals surface area contributed by atoms with Crippen LogP contribution in [0.25, 0.3) is 0 Å². The molecule has 0 radical (unpaired) electrons. The van der Waals surface area contributed by atoms with Crippen LogP contribution < -0.4 is 10.5 Å². The average molecular weight is 262 g/mol. The van der Waals surface area contributed by atoms with Crippen molar-refractivity contribution in [3.63, 3.8) is 0 Å². The quantitative estimate of drug-likeness (QED) is 0.819. The molecule has 0 aromatic heterocycles. The molecular weight excluding hydrogens is 236 g/mol. The lowest BCUT2D eigenvalue weighted by Crippen LogP contribution is -2.26. The van der Waals surface area contributed by atoms with Gasteiger partial charge in [-0.3, -0.25) is 4.90 Å². The second kappa shape index (κ2) is 7.51. The van der Waals surface area contributed by atoms with Crippen molar-refractivity contribution in [3.05, 3.63) is 29.8 Å². The van der Waals surface area contributed by atoms with Crippen LogP contribution in [0.4, 0.5) is 0 Å². The molecule has 0 saturated carbocycles. The molecular formula is C16H26N2O. The van der Waals surface area contributed by atoms with E-state index in [-0.39, 0.29) is 0 Å². The Hall–Kier alpha value is -1.06. The summed E-state index contributed by atoms with van der Waals surface area (Å²) in [6.07, 6.45) is 3.59. The van der Waals surface area contributed by atoms with Crippen LogP contribution in [-0.2, 0) is 6.42 Å². The number of ether oxygens (including phenoxy) is 1. The van der Waals surface area contributed by atoms with E-state index in [1.165, 1.54) is 31.5 Å². The van der Waals surface area contributed by atoms with E-state index in [4.69, 9.17) is 10.5 Å². The van der Waals surface area contributed by atoms with Crippen LogP contribution in [0.2, 0.25) is 0 Å². The number of nitrogens with zero attached hydrogens (tertiary/aromatic N) is 1. The third-order valence-corrected chi connectivity index (χ3v) is 3.98. The normalized spacial score (nSPS) is 19.8. The van der Waals surface area contributed by atoms with Gasteiger partial charge in [0.15, 0.2) is 0 Å². The van der Waals surface area contributed by atoms with Crippen LogP contribution in [-0.4, -0.2) is 37.7 Å². The van der Waals surface area contributed by atoms with Crippen molar-refractivity contribution in [2.45, 2.75) is 26.2 Å². The zero-order chi connectivity index (χ0) is 13.5. The van der Waals surface area contributed by atoms with E-state index < -0.39 is 0 Å². The minimum absolute atomic E-state index is 0.702. The third-order valence-electron chi connectivity index (χ3n) is 3.98. The summed E-state index contributed by atoms with van der Waals surface area (Å²) in [6.45, 7) is 7.29. The van der Waals surface area contributed by atoms with Gasteiger partial charge in [0.25, 0.3) is 0 Å². The van der Waals surface area contributed by atoms with Gasteiger partial charge in [0.2, 0.25) is 0 Å². The molecule has 1 unspecified atom stereocenters. The Morgan fingerprint density at radius 1 is 1.32 bits per heavy atom. The minimum atomic E-state index is 0.702. The van der Waals surface area contributed by atoms with Gasteiger partial charge in [0, 0.05) is 13.1 Å². The van der Waals surface area contributed by atoms with Gasteiger partial charge in [0.05, 0.1) is 0 Å². The Balaban J connectivity index is 1.68. The van der Waals surface area contributed by atoms with Crippen LogP contribution >= 0.6 is 0 Å². The molecule has 1 heterocycles. The van der Waals surface area contributed by atoms with E-state index in [0.29, 0.717) is 6.54 Å². The fraction of sp³-hybridized carbons (Fsp3) is 0.625. The summed E-state index contributed by atoms with van der Waals surface area (Å²) in [4.78, 5) is 2.51. The fourth-order valence-electron chi connectivity index (χ4n) is 2.66. The van der Waals surface area contributed by atoms with Gasteiger partial charge in [-0.15, -0.1) is 0 Å². The van der Waals surface area contributed by atoms with Crippen molar-refractivity contribution in [2.75, 3.05) is 32.8 Å². The summed E-state index contributed by atoms with van der Waals surface area (Å²) >= 11 is 0. The summed E-state index contributed by atoms with van der Waals surface area (Å²) < 4.78 is 5.80. The zero-order valence-electron chi connectivity index (χ0n) is 12.0. The third kappa shape index (κ3) is 4.51. The molecule has 3 nitrogen and oxygen atoms in total. The highest BCUT2D eigenvalue weighted by molar-refractivity contribution is 5.27. The average Bonchev–Trinajstić information content (AvgIpc) is 2.89. The second-order valence-electron chi connectivity index (χ2n) is 5.39. The van der Waals surface area contributed by atoms with Crippen molar-refractivity contribution >= 4 is 0 Å². The van der Waals surface area contributed by atoms with Gasteiger partial charge in [-0.25, -0.2) is 0 Å². The number of nitrogens with two attached hydrogens (primary N) is 1. The molecule has 1 aromatic carbocycles. The largest absolute Gasteiger partial charge is 0.492 e. The lowest BCUT2D eigenvalue weighted by molar-refractivity contribution is 0.232. The van der Waals surface area contributed by atoms with Crippen molar-refractivity contribution in [1.82, 2.24) is 4.90 Å². The van der Waals surface area contributed by atoms with Crippen LogP contribution in [0.1, 0.15) is 25.3 Å². The Bertz CT molecular complexity index is 364. The predicted octanol–water partition coefficient (Wildman–Crippen LogP) is 2.30. The van der Waals surface area contributed by atoms with E-state index in [9.17, 15) is 0 Å². The van der Waals surface area contributed by atoms with Gasteiger partial charge in [-0.1, -0.05) is 25.5 Å². The van der Waals surface area contributed by atoms with Crippen molar-refractivity contribution in [2.24, 2.45) is 11.7 Å². The van der Waals surface area contributed by atoms with E-state index in [2.05, 4.69) is 24.0 Å². The molecule has 1 aromatic rings. The summed E-state index contributed by atoms with van der Waals surface area (Å²) in [6, 6.07) is 8.30. The van der Waals surface area contributed by atoms with Gasteiger partial charge in [-0.05, 0) is 49.5 Å². The summed E-state index contributed by atoms with van der Waals surface area (Å²) in [5.74, 6) is 1.86. The standard InChI is InChI=1S/C16H26N2O/c1-2-14-8-10-18(13-14)11-12-19-16-5-3-15(4-6-16)7-9-17/h3-6,14H,2,7-13,17H2,1H3. The Labute approximate surface area is 116 Å². The highest BCUT2D eigenvalue weighted by Gasteiger charge is 2.20. The van der Waals surface area contributed by atoms with Gasteiger partial charge in [0.1, 0.15) is 12.4 Å². The molecule has 106 valence electrons. The van der Waals surface area contributed by atoms with E-state index in [0.717, 1.165) is 31.2 Å². The summed E-state index contributed by atoms with van der Waals surface area (Å²) in [7, 11) is 0. The molecule has 0 spiro atoms. The first-order valence-corrected chi connectivity index (χ1v) is 7.46.